The molecule has 0 aromatic heterocycles. The fourth-order valence-corrected chi connectivity index (χ4v) is 2.76. The van der Waals surface area contributed by atoms with Gasteiger partial charge in [0, 0.05) is 18.0 Å². The first-order valence-corrected chi connectivity index (χ1v) is 8.18. The summed E-state index contributed by atoms with van der Waals surface area (Å²) in [5.74, 6) is -0.569. The summed E-state index contributed by atoms with van der Waals surface area (Å²) in [7, 11) is -4.04. The van der Waals surface area contributed by atoms with Gasteiger partial charge in [0.05, 0.1) is 16.1 Å². The summed E-state index contributed by atoms with van der Waals surface area (Å²) in [5.41, 5.74) is -1.33. The first-order valence-electron chi connectivity index (χ1n) is 6.29. The summed E-state index contributed by atoms with van der Waals surface area (Å²) in [5, 5.41) is 0. The van der Waals surface area contributed by atoms with E-state index < -0.39 is 32.3 Å². The van der Waals surface area contributed by atoms with Gasteiger partial charge in [0.15, 0.2) is 9.84 Å². The molecule has 8 heteroatoms. The normalized spacial score (nSPS) is 12.7. The van der Waals surface area contributed by atoms with Gasteiger partial charge in [-0.25, -0.2) is 12.8 Å². The Hall–Kier alpha value is -2.22. The molecule has 2 rings (SSSR count). The van der Waals surface area contributed by atoms with Crippen LogP contribution in [-0.2, 0) is 16.0 Å². The van der Waals surface area contributed by atoms with Crippen molar-refractivity contribution in [1.29, 1.82) is 0 Å². The Bertz CT molecular complexity index is 858. The number of halogens is 4. The smallest absolute Gasteiger partial charge is 0.256 e. The van der Waals surface area contributed by atoms with Crippen molar-refractivity contribution in [2.45, 2.75) is 11.1 Å². The second-order valence-corrected chi connectivity index (χ2v) is 6.71. The molecule has 0 fully saturated rings. The Morgan fingerprint density at radius 3 is 2.30 bits per heavy atom. The quantitative estimate of drug-likeness (QED) is 0.624. The van der Waals surface area contributed by atoms with Crippen molar-refractivity contribution < 1.29 is 26.0 Å². The minimum atomic E-state index is -4.85. The van der Waals surface area contributed by atoms with Crippen LogP contribution >= 0.6 is 0 Å². The monoisotopic (exact) mass is 345 g/mol. The largest absolute Gasteiger partial charge is 0.417 e. The number of alkyl halides is 3. The lowest BCUT2D eigenvalue weighted by Crippen LogP contribution is -2.12. The van der Waals surface area contributed by atoms with E-state index in [4.69, 9.17) is 0 Å². The third-order valence-corrected chi connectivity index (χ3v) is 4.08. The number of aliphatic imine (C=N–C) groups is 1. The molecule has 0 aliphatic carbocycles. The van der Waals surface area contributed by atoms with Gasteiger partial charge in [-0.05, 0) is 24.3 Å². The molecule has 0 heterocycles. The SMILES string of the molecule is CS(=O)(=O)c1ccc(/N=C/c2ccccc2F)cc1C(F)(F)F. The summed E-state index contributed by atoms with van der Waals surface area (Å²) in [4.78, 5) is 2.95. The highest BCUT2D eigenvalue weighted by molar-refractivity contribution is 7.90. The van der Waals surface area contributed by atoms with E-state index in [-0.39, 0.29) is 11.3 Å². The highest BCUT2D eigenvalue weighted by Crippen LogP contribution is 2.36. The van der Waals surface area contributed by atoms with Crippen LogP contribution in [0.3, 0.4) is 0 Å². The van der Waals surface area contributed by atoms with Crippen LogP contribution in [0.4, 0.5) is 23.2 Å². The van der Waals surface area contributed by atoms with Gasteiger partial charge in [-0.15, -0.1) is 0 Å². The van der Waals surface area contributed by atoms with Crippen LogP contribution in [0.15, 0.2) is 52.4 Å². The van der Waals surface area contributed by atoms with Crippen molar-refractivity contribution in [3.05, 3.63) is 59.4 Å². The number of sulfone groups is 1. The highest BCUT2D eigenvalue weighted by Gasteiger charge is 2.36. The molecule has 122 valence electrons. The van der Waals surface area contributed by atoms with E-state index in [0.717, 1.165) is 18.3 Å². The number of rotatable bonds is 3. The molecule has 0 unspecified atom stereocenters. The molecular formula is C15H11F4NO2S. The van der Waals surface area contributed by atoms with Crippen LogP contribution in [-0.4, -0.2) is 20.9 Å². The lowest BCUT2D eigenvalue weighted by molar-refractivity contribution is -0.139. The summed E-state index contributed by atoms with van der Waals surface area (Å²) < 4.78 is 75.4. The first kappa shape index (κ1) is 17.1. The number of nitrogens with zero attached hydrogens (tertiary/aromatic N) is 1. The van der Waals surface area contributed by atoms with Gasteiger partial charge in [0.25, 0.3) is 0 Å². The fourth-order valence-electron chi connectivity index (χ4n) is 1.87. The molecule has 0 bridgehead atoms. The third kappa shape index (κ3) is 4.16. The second-order valence-electron chi connectivity index (χ2n) is 4.73. The number of hydrogen-bond acceptors (Lipinski definition) is 3. The molecule has 0 saturated carbocycles. The number of hydrogen-bond donors (Lipinski definition) is 0. The predicted octanol–water partition coefficient (Wildman–Crippen LogP) is 4.00. The van der Waals surface area contributed by atoms with Crippen molar-refractivity contribution in [2.75, 3.05) is 6.26 Å². The van der Waals surface area contributed by atoms with Crippen molar-refractivity contribution in [2.24, 2.45) is 4.99 Å². The molecule has 3 nitrogen and oxygen atoms in total. The maximum atomic E-state index is 13.4. The van der Waals surface area contributed by atoms with Crippen LogP contribution in [0.2, 0.25) is 0 Å². The van der Waals surface area contributed by atoms with Gasteiger partial charge in [0.2, 0.25) is 0 Å². The average molecular weight is 345 g/mol. The molecule has 23 heavy (non-hydrogen) atoms. The number of benzene rings is 2. The van der Waals surface area contributed by atoms with Gasteiger partial charge < -0.3 is 0 Å². The van der Waals surface area contributed by atoms with Crippen molar-refractivity contribution in [1.82, 2.24) is 0 Å². The Morgan fingerprint density at radius 1 is 1.09 bits per heavy atom. The summed E-state index contributed by atoms with van der Waals surface area (Å²) in [6.07, 6.45) is -3.08. The molecule has 0 spiro atoms. The van der Waals surface area contributed by atoms with Gasteiger partial charge in [0.1, 0.15) is 5.82 Å². The molecule has 0 amide bonds. The second kappa shape index (κ2) is 6.11. The fraction of sp³-hybridized carbons (Fsp3) is 0.133. The minimum absolute atomic E-state index is 0.105. The van der Waals surface area contributed by atoms with Crippen molar-refractivity contribution >= 4 is 21.7 Å². The Morgan fingerprint density at radius 2 is 1.74 bits per heavy atom. The van der Waals surface area contributed by atoms with E-state index in [1.54, 1.807) is 6.07 Å². The zero-order chi connectivity index (χ0) is 17.3. The molecule has 0 atom stereocenters. The Balaban J connectivity index is 2.49. The van der Waals surface area contributed by atoms with E-state index in [2.05, 4.69) is 4.99 Å². The molecule has 0 saturated heterocycles. The molecule has 2 aromatic carbocycles. The van der Waals surface area contributed by atoms with E-state index in [1.807, 2.05) is 0 Å². The lowest BCUT2D eigenvalue weighted by Gasteiger charge is -2.12. The predicted molar refractivity (Wildman–Crippen MR) is 78.2 cm³/mol. The topological polar surface area (TPSA) is 46.5 Å². The maximum absolute atomic E-state index is 13.4. The van der Waals surface area contributed by atoms with E-state index in [0.29, 0.717) is 12.3 Å². The maximum Gasteiger partial charge on any atom is 0.417 e. The molecule has 0 aliphatic rings. The summed E-state index contributed by atoms with van der Waals surface area (Å²) in [6, 6.07) is 8.21. The van der Waals surface area contributed by atoms with Crippen LogP contribution in [0.5, 0.6) is 0 Å². The first-order chi connectivity index (χ1) is 10.6. The van der Waals surface area contributed by atoms with Gasteiger partial charge >= 0.3 is 6.18 Å². The average Bonchev–Trinajstić information content (AvgIpc) is 2.44. The molecule has 0 aliphatic heterocycles. The van der Waals surface area contributed by atoms with Crippen LogP contribution < -0.4 is 0 Å². The van der Waals surface area contributed by atoms with Gasteiger partial charge in [-0.2, -0.15) is 13.2 Å². The molecule has 2 aromatic rings. The molecule has 0 radical (unpaired) electrons. The Kier molecular flexibility index (Phi) is 4.56. The van der Waals surface area contributed by atoms with E-state index >= 15 is 0 Å². The van der Waals surface area contributed by atoms with Crippen molar-refractivity contribution in [3.8, 4) is 0 Å². The van der Waals surface area contributed by atoms with Crippen LogP contribution in [0.25, 0.3) is 0 Å². The van der Waals surface area contributed by atoms with Gasteiger partial charge in [-0.1, -0.05) is 18.2 Å². The zero-order valence-corrected chi connectivity index (χ0v) is 12.6. The van der Waals surface area contributed by atoms with Gasteiger partial charge in [-0.3, -0.25) is 4.99 Å². The lowest BCUT2D eigenvalue weighted by atomic mass is 10.2. The standard InChI is InChI=1S/C15H11F4NO2S/c1-23(21,22)14-7-6-11(8-12(14)15(17,18)19)20-9-10-4-2-3-5-13(10)16/h2-9H,1H3/b20-9+. The van der Waals surface area contributed by atoms with E-state index in [1.165, 1.54) is 18.2 Å². The molecule has 0 N–H and O–H groups in total. The van der Waals surface area contributed by atoms with Crippen LogP contribution in [0, 0.1) is 5.82 Å². The zero-order valence-electron chi connectivity index (χ0n) is 11.8. The summed E-state index contributed by atoms with van der Waals surface area (Å²) in [6.45, 7) is 0. The highest BCUT2D eigenvalue weighted by atomic mass is 32.2. The molecular weight excluding hydrogens is 334 g/mol. The third-order valence-electron chi connectivity index (χ3n) is 2.93. The van der Waals surface area contributed by atoms with E-state index in [9.17, 15) is 26.0 Å². The van der Waals surface area contributed by atoms with Crippen molar-refractivity contribution in [3.63, 3.8) is 0 Å². The minimum Gasteiger partial charge on any atom is -0.256 e. The summed E-state index contributed by atoms with van der Waals surface area (Å²) >= 11 is 0. The van der Waals surface area contributed by atoms with Crippen LogP contribution in [0.1, 0.15) is 11.1 Å². The Labute approximate surface area is 130 Å².